The van der Waals surface area contributed by atoms with Crippen molar-refractivity contribution in [2.45, 2.75) is 18.5 Å². The van der Waals surface area contributed by atoms with Crippen LogP contribution in [0.4, 0.5) is 13.2 Å². The molecule has 154 valence electrons. The van der Waals surface area contributed by atoms with Gasteiger partial charge in [-0.25, -0.2) is 15.0 Å². The topological polar surface area (TPSA) is 75.2 Å². The van der Waals surface area contributed by atoms with Gasteiger partial charge in [-0.2, -0.15) is 13.2 Å². The highest BCUT2D eigenvalue weighted by Crippen LogP contribution is 2.38. The van der Waals surface area contributed by atoms with Gasteiger partial charge in [0.2, 0.25) is 0 Å². The molecule has 0 aliphatic carbocycles. The number of thioether (sulfide) groups is 1. The van der Waals surface area contributed by atoms with Gasteiger partial charge >= 0.3 is 6.18 Å². The van der Waals surface area contributed by atoms with E-state index in [9.17, 15) is 22.8 Å². The fraction of sp³-hybridized carbons (Fsp3) is 0.200. The highest BCUT2D eigenvalue weighted by molar-refractivity contribution is 8.00. The van der Waals surface area contributed by atoms with E-state index in [4.69, 9.17) is 0 Å². The molecule has 0 radical (unpaired) electrons. The van der Waals surface area contributed by atoms with Crippen LogP contribution in [0.25, 0.3) is 11.0 Å². The number of amides is 2. The molecule has 4 rings (SSSR count). The van der Waals surface area contributed by atoms with Gasteiger partial charge in [0.15, 0.2) is 11.3 Å². The SMILES string of the molecule is Cc1ccc(C2SCC(=O)N2NC(=O)c2cc3cccnc3nc2C(F)(F)F)cc1. The summed E-state index contributed by atoms with van der Waals surface area (Å²) in [5.74, 6) is -1.36. The molecule has 1 unspecified atom stereocenters. The zero-order valence-corrected chi connectivity index (χ0v) is 16.4. The number of nitrogens with one attached hydrogen (secondary N) is 1. The largest absolute Gasteiger partial charge is 0.434 e. The number of fused-ring (bicyclic) bond motifs is 1. The van der Waals surface area contributed by atoms with Crippen LogP contribution in [0, 0.1) is 6.92 Å². The predicted molar refractivity (Wildman–Crippen MR) is 105 cm³/mol. The fourth-order valence-corrected chi connectivity index (χ4v) is 4.20. The lowest BCUT2D eigenvalue weighted by molar-refractivity contribution is -0.141. The van der Waals surface area contributed by atoms with Crippen LogP contribution in [0.1, 0.15) is 32.6 Å². The zero-order chi connectivity index (χ0) is 21.5. The minimum absolute atomic E-state index is 0.102. The van der Waals surface area contributed by atoms with Crippen molar-refractivity contribution in [2.75, 3.05) is 5.75 Å². The Morgan fingerprint density at radius 2 is 1.97 bits per heavy atom. The number of carbonyl (C=O) groups excluding carboxylic acids is 2. The van der Waals surface area contributed by atoms with Gasteiger partial charge in [-0.3, -0.25) is 15.0 Å². The Labute approximate surface area is 173 Å². The first-order valence-corrected chi connectivity index (χ1v) is 9.93. The Morgan fingerprint density at radius 3 is 2.67 bits per heavy atom. The number of hydrogen-bond donors (Lipinski definition) is 1. The molecular formula is C20H15F3N4O2S. The number of carbonyl (C=O) groups is 2. The minimum atomic E-state index is -4.86. The third-order valence-electron chi connectivity index (χ3n) is 4.56. The van der Waals surface area contributed by atoms with Crippen molar-refractivity contribution in [3.8, 4) is 0 Å². The molecule has 1 aliphatic heterocycles. The van der Waals surface area contributed by atoms with Crippen LogP contribution in [0.5, 0.6) is 0 Å². The van der Waals surface area contributed by atoms with E-state index in [1.165, 1.54) is 30.1 Å². The third-order valence-corrected chi connectivity index (χ3v) is 5.77. The molecule has 2 aromatic heterocycles. The molecule has 1 fully saturated rings. The van der Waals surface area contributed by atoms with Crippen molar-refractivity contribution >= 4 is 34.6 Å². The van der Waals surface area contributed by atoms with E-state index in [-0.39, 0.29) is 16.8 Å². The van der Waals surface area contributed by atoms with Gasteiger partial charge in [-0.15, -0.1) is 11.8 Å². The quantitative estimate of drug-likeness (QED) is 0.680. The van der Waals surface area contributed by atoms with Gasteiger partial charge in [-0.05, 0) is 30.7 Å². The number of nitrogens with zero attached hydrogens (tertiary/aromatic N) is 3. The van der Waals surface area contributed by atoms with Crippen LogP contribution in [0.15, 0.2) is 48.7 Å². The minimum Gasteiger partial charge on any atom is -0.272 e. The van der Waals surface area contributed by atoms with Crippen LogP contribution in [0.2, 0.25) is 0 Å². The van der Waals surface area contributed by atoms with E-state index < -0.39 is 34.6 Å². The van der Waals surface area contributed by atoms with Crippen LogP contribution in [-0.2, 0) is 11.0 Å². The summed E-state index contributed by atoms with van der Waals surface area (Å²) in [7, 11) is 0. The average molecular weight is 432 g/mol. The van der Waals surface area contributed by atoms with E-state index in [1.807, 2.05) is 31.2 Å². The number of rotatable bonds is 3. The second kappa shape index (κ2) is 7.60. The monoisotopic (exact) mass is 432 g/mol. The number of halogens is 3. The Bertz CT molecular complexity index is 1140. The number of aromatic nitrogens is 2. The summed E-state index contributed by atoms with van der Waals surface area (Å²) >= 11 is 1.28. The van der Waals surface area contributed by atoms with Gasteiger partial charge < -0.3 is 0 Å². The van der Waals surface area contributed by atoms with Crippen LogP contribution in [0.3, 0.4) is 0 Å². The van der Waals surface area contributed by atoms with Gasteiger partial charge in [0, 0.05) is 11.6 Å². The van der Waals surface area contributed by atoms with E-state index in [1.54, 1.807) is 0 Å². The molecule has 6 nitrogen and oxygen atoms in total. The lowest BCUT2D eigenvalue weighted by atomic mass is 10.1. The fourth-order valence-electron chi connectivity index (χ4n) is 3.09. The highest BCUT2D eigenvalue weighted by Gasteiger charge is 2.40. The maximum atomic E-state index is 13.6. The molecule has 1 saturated heterocycles. The summed E-state index contributed by atoms with van der Waals surface area (Å²) in [5, 5.41) is 0.824. The lowest BCUT2D eigenvalue weighted by Crippen LogP contribution is -2.45. The Morgan fingerprint density at radius 1 is 1.23 bits per heavy atom. The van der Waals surface area contributed by atoms with Crippen molar-refractivity contribution in [1.82, 2.24) is 20.4 Å². The summed E-state index contributed by atoms with van der Waals surface area (Å²) in [6.45, 7) is 1.91. The number of pyridine rings is 2. The van der Waals surface area contributed by atoms with E-state index in [2.05, 4.69) is 15.4 Å². The molecule has 2 amide bonds. The maximum Gasteiger partial charge on any atom is 0.434 e. The second-order valence-corrected chi connectivity index (χ2v) is 7.78. The standard InChI is InChI=1S/C20H15F3N4O2S/c1-11-4-6-12(7-5-11)19-27(15(28)10-30-19)26-18(29)14-9-13-3-2-8-24-17(13)25-16(14)20(21,22)23/h2-9,19H,10H2,1H3,(H,26,29). The molecule has 3 aromatic rings. The zero-order valence-electron chi connectivity index (χ0n) is 15.6. The van der Waals surface area contributed by atoms with Gasteiger partial charge in [0.1, 0.15) is 5.37 Å². The number of hydrogen-bond acceptors (Lipinski definition) is 5. The van der Waals surface area contributed by atoms with Crippen molar-refractivity contribution < 1.29 is 22.8 Å². The maximum absolute atomic E-state index is 13.6. The predicted octanol–water partition coefficient (Wildman–Crippen LogP) is 3.88. The first-order valence-electron chi connectivity index (χ1n) is 8.88. The average Bonchev–Trinajstić information content (AvgIpc) is 3.07. The molecule has 0 bridgehead atoms. The summed E-state index contributed by atoms with van der Waals surface area (Å²) in [5.41, 5.74) is 1.99. The Hall–Kier alpha value is -3.14. The first-order chi connectivity index (χ1) is 14.2. The van der Waals surface area contributed by atoms with Gasteiger partial charge in [0.05, 0.1) is 11.3 Å². The molecule has 3 heterocycles. The molecule has 1 N–H and O–H groups in total. The molecule has 10 heteroatoms. The Balaban J connectivity index is 1.69. The molecule has 1 atom stereocenters. The summed E-state index contributed by atoms with van der Waals surface area (Å²) < 4.78 is 40.7. The highest BCUT2D eigenvalue weighted by atomic mass is 32.2. The van der Waals surface area contributed by atoms with Gasteiger partial charge in [0.25, 0.3) is 11.8 Å². The van der Waals surface area contributed by atoms with Crippen molar-refractivity contribution in [3.05, 3.63) is 71.0 Å². The third kappa shape index (κ3) is 3.82. The number of benzene rings is 1. The van der Waals surface area contributed by atoms with E-state index in [0.717, 1.165) is 22.2 Å². The molecule has 1 aromatic carbocycles. The molecule has 0 saturated carbocycles. The lowest BCUT2D eigenvalue weighted by Gasteiger charge is -2.25. The summed E-state index contributed by atoms with van der Waals surface area (Å²) in [6.07, 6.45) is -3.54. The van der Waals surface area contributed by atoms with Crippen LogP contribution >= 0.6 is 11.8 Å². The normalized spacial score (nSPS) is 16.9. The summed E-state index contributed by atoms with van der Waals surface area (Å²) in [6, 6.07) is 11.5. The molecule has 1 aliphatic rings. The van der Waals surface area contributed by atoms with E-state index >= 15 is 0 Å². The van der Waals surface area contributed by atoms with Crippen molar-refractivity contribution in [3.63, 3.8) is 0 Å². The van der Waals surface area contributed by atoms with Crippen LogP contribution in [-0.4, -0.2) is 32.5 Å². The van der Waals surface area contributed by atoms with Crippen LogP contribution < -0.4 is 5.43 Å². The smallest absolute Gasteiger partial charge is 0.272 e. The van der Waals surface area contributed by atoms with Crippen molar-refractivity contribution in [2.24, 2.45) is 0 Å². The van der Waals surface area contributed by atoms with E-state index in [0.29, 0.717) is 0 Å². The molecule has 0 spiro atoms. The second-order valence-electron chi connectivity index (χ2n) is 6.71. The first kappa shape index (κ1) is 20.1. The Kier molecular flexibility index (Phi) is 5.10. The number of aryl methyl sites for hydroxylation is 1. The van der Waals surface area contributed by atoms with Crippen molar-refractivity contribution in [1.29, 1.82) is 0 Å². The van der Waals surface area contributed by atoms with Gasteiger partial charge in [-0.1, -0.05) is 29.8 Å². The summed E-state index contributed by atoms with van der Waals surface area (Å²) in [4.78, 5) is 32.5. The molecular weight excluding hydrogens is 417 g/mol. The number of alkyl halides is 3. The number of hydrazine groups is 1. The molecule has 30 heavy (non-hydrogen) atoms.